The number of aryl methyl sites for hydroxylation is 1. The lowest BCUT2D eigenvalue weighted by atomic mass is 9.94. The van der Waals surface area contributed by atoms with Gasteiger partial charge in [0.2, 0.25) is 0 Å². The van der Waals surface area contributed by atoms with Gasteiger partial charge in [-0.05, 0) is 37.0 Å². The van der Waals surface area contributed by atoms with E-state index in [2.05, 4.69) is 25.8 Å². The van der Waals surface area contributed by atoms with Crippen LogP contribution in [0.2, 0.25) is 0 Å². The SMILES string of the molecule is O=C(Nc1ccccc1OCCn1ccnc1)NC1CCc2[nH]ncc2C1. The van der Waals surface area contributed by atoms with Crippen molar-refractivity contribution in [2.45, 2.75) is 31.8 Å². The summed E-state index contributed by atoms with van der Waals surface area (Å²) in [5.74, 6) is 0.647. The van der Waals surface area contributed by atoms with E-state index in [4.69, 9.17) is 4.74 Å². The molecule has 0 saturated heterocycles. The molecule has 27 heavy (non-hydrogen) atoms. The van der Waals surface area contributed by atoms with Gasteiger partial charge < -0.3 is 19.9 Å². The van der Waals surface area contributed by atoms with E-state index >= 15 is 0 Å². The predicted octanol–water partition coefficient (Wildman–Crippen LogP) is 2.36. The van der Waals surface area contributed by atoms with Crippen LogP contribution in [-0.2, 0) is 19.4 Å². The van der Waals surface area contributed by atoms with Crippen LogP contribution in [0.1, 0.15) is 17.7 Å². The molecule has 140 valence electrons. The molecule has 0 fully saturated rings. The summed E-state index contributed by atoms with van der Waals surface area (Å²) >= 11 is 0. The molecular weight excluding hydrogens is 344 g/mol. The molecule has 8 nitrogen and oxygen atoms in total. The second-order valence-electron chi connectivity index (χ2n) is 6.56. The molecule has 1 unspecified atom stereocenters. The maximum absolute atomic E-state index is 12.4. The van der Waals surface area contributed by atoms with Gasteiger partial charge in [0.05, 0.1) is 24.8 Å². The van der Waals surface area contributed by atoms with Gasteiger partial charge in [0.15, 0.2) is 0 Å². The quantitative estimate of drug-likeness (QED) is 0.624. The summed E-state index contributed by atoms with van der Waals surface area (Å²) in [5.41, 5.74) is 3.00. The fourth-order valence-corrected chi connectivity index (χ4v) is 3.26. The van der Waals surface area contributed by atoms with Crippen LogP contribution in [0.25, 0.3) is 0 Å². The van der Waals surface area contributed by atoms with Crippen molar-refractivity contribution in [2.75, 3.05) is 11.9 Å². The number of ether oxygens (including phenoxy) is 1. The van der Waals surface area contributed by atoms with E-state index in [1.807, 2.05) is 41.2 Å². The number of nitrogens with zero attached hydrogens (tertiary/aromatic N) is 3. The van der Waals surface area contributed by atoms with Gasteiger partial charge in [-0.1, -0.05) is 12.1 Å². The summed E-state index contributed by atoms with van der Waals surface area (Å²) in [4.78, 5) is 16.4. The van der Waals surface area contributed by atoms with Crippen molar-refractivity contribution in [1.82, 2.24) is 25.1 Å². The van der Waals surface area contributed by atoms with Gasteiger partial charge in [0.25, 0.3) is 0 Å². The van der Waals surface area contributed by atoms with Crippen LogP contribution in [0.3, 0.4) is 0 Å². The minimum Gasteiger partial charge on any atom is -0.490 e. The number of H-pyrrole nitrogens is 1. The molecule has 1 aliphatic rings. The Labute approximate surface area is 157 Å². The highest BCUT2D eigenvalue weighted by molar-refractivity contribution is 5.91. The topological polar surface area (TPSA) is 96.9 Å². The molecule has 0 aliphatic heterocycles. The lowest BCUT2D eigenvalue weighted by Crippen LogP contribution is -2.41. The summed E-state index contributed by atoms with van der Waals surface area (Å²) in [5, 5.41) is 13.0. The number of aromatic amines is 1. The molecule has 0 saturated carbocycles. The van der Waals surface area contributed by atoms with E-state index in [1.165, 1.54) is 11.3 Å². The molecule has 1 aliphatic carbocycles. The summed E-state index contributed by atoms with van der Waals surface area (Å²) in [6, 6.07) is 7.32. The smallest absolute Gasteiger partial charge is 0.319 e. The number of carbonyl (C=O) groups is 1. The minimum absolute atomic E-state index is 0.101. The van der Waals surface area contributed by atoms with Crippen molar-refractivity contribution in [3.05, 3.63) is 60.4 Å². The van der Waals surface area contributed by atoms with Gasteiger partial charge in [-0.3, -0.25) is 5.10 Å². The molecule has 2 heterocycles. The molecule has 2 amide bonds. The number of amides is 2. The number of fused-ring (bicyclic) bond motifs is 1. The van der Waals surface area contributed by atoms with Gasteiger partial charge in [-0.2, -0.15) is 5.10 Å². The predicted molar refractivity (Wildman–Crippen MR) is 101 cm³/mol. The third-order valence-electron chi connectivity index (χ3n) is 4.65. The highest BCUT2D eigenvalue weighted by Gasteiger charge is 2.21. The summed E-state index contributed by atoms with van der Waals surface area (Å²) in [6.45, 7) is 1.18. The van der Waals surface area contributed by atoms with Crippen molar-refractivity contribution in [3.8, 4) is 5.75 Å². The maximum Gasteiger partial charge on any atom is 0.319 e. The Balaban J connectivity index is 1.31. The number of rotatable bonds is 6. The monoisotopic (exact) mass is 366 g/mol. The Morgan fingerprint density at radius 2 is 2.30 bits per heavy atom. The molecule has 2 aromatic heterocycles. The van der Waals surface area contributed by atoms with Gasteiger partial charge in [-0.15, -0.1) is 0 Å². The van der Waals surface area contributed by atoms with Crippen molar-refractivity contribution in [1.29, 1.82) is 0 Å². The Morgan fingerprint density at radius 3 is 3.19 bits per heavy atom. The summed E-state index contributed by atoms with van der Waals surface area (Å²) in [7, 11) is 0. The zero-order valence-corrected chi connectivity index (χ0v) is 14.9. The second kappa shape index (κ2) is 7.94. The first kappa shape index (κ1) is 17.1. The van der Waals surface area contributed by atoms with Crippen LogP contribution in [0.15, 0.2) is 49.2 Å². The number of hydrogen-bond donors (Lipinski definition) is 3. The van der Waals surface area contributed by atoms with E-state index in [1.54, 1.807) is 12.5 Å². The Bertz CT molecular complexity index is 889. The molecule has 1 aromatic carbocycles. The van der Waals surface area contributed by atoms with Crippen molar-refractivity contribution < 1.29 is 9.53 Å². The highest BCUT2D eigenvalue weighted by Crippen LogP contribution is 2.24. The Morgan fingerprint density at radius 1 is 1.37 bits per heavy atom. The van der Waals surface area contributed by atoms with E-state index in [-0.39, 0.29) is 12.1 Å². The molecule has 8 heteroatoms. The number of carbonyl (C=O) groups excluding carboxylic acids is 1. The first-order valence-corrected chi connectivity index (χ1v) is 9.04. The van der Waals surface area contributed by atoms with E-state index in [9.17, 15) is 4.79 Å². The number of para-hydroxylation sites is 2. The van der Waals surface area contributed by atoms with Gasteiger partial charge >= 0.3 is 6.03 Å². The van der Waals surface area contributed by atoms with Crippen molar-refractivity contribution in [3.63, 3.8) is 0 Å². The molecule has 1 atom stereocenters. The number of urea groups is 1. The van der Waals surface area contributed by atoms with Gasteiger partial charge in [-0.25, -0.2) is 9.78 Å². The molecule has 0 radical (unpaired) electrons. The van der Waals surface area contributed by atoms with Crippen LogP contribution in [-0.4, -0.2) is 38.4 Å². The molecule has 0 spiro atoms. The summed E-state index contributed by atoms with van der Waals surface area (Å²) < 4.78 is 7.77. The molecule has 3 aromatic rings. The van der Waals surface area contributed by atoms with Crippen LogP contribution >= 0.6 is 0 Å². The molecule has 0 bridgehead atoms. The van der Waals surface area contributed by atoms with Crippen LogP contribution in [0.4, 0.5) is 10.5 Å². The summed E-state index contributed by atoms with van der Waals surface area (Å²) in [6.07, 6.45) is 9.79. The fraction of sp³-hybridized carbons (Fsp3) is 0.316. The van der Waals surface area contributed by atoms with Crippen molar-refractivity contribution in [2.24, 2.45) is 0 Å². The van der Waals surface area contributed by atoms with Gasteiger partial charge in [0.1, 0.15) is 12.4 Å². The standard InChI is InChI=1S/C19H22N6O2/c26-19(22-15-5-6-16-14(11-15)12-21-24-16)23-17-3-1-2-4-18(17)27-10-9-25-8-7-20-13-25/h1-4,7-8,12-13,15H,5-6,9-11H2,(H,21,24)(H2,22,23,26). The highest BCUT2D eigenvalue weighted by atomic mass is 16.5. The number of imidazole rings is 1. The molecule has 4 rings (SSSR count). The second-order valence-corrected chi connectivity index (χ2v) is 6.56. The lowest BCUT2D eigenvalue weighted by Gasteiger charge is -2.23. The third-order valence-corrected chi connectivity index (χ3v) is 4.65. The van der Waals surface area contributed by atoms with Crippen LogP contribution < -0.4 is 15.4 Å². The Hall–Kier alpha value is -3.29. The normalized spacial score (nSPS) is 15.8. The average molecular weight is 366 g/mol. The minimum atomic E-state index is -0.224. The first-order chi connectivity index (χ1) is 13.3. The fourth-order valence-electron chi connectivity index (χ4n) is 3.26. The Kier molecular flexibility index (Phi) is 5.04. The maximum atomic E-state index is 12.4. The number of hydrogen-bond acceptors (Lipinski definition) is 4. The third kappa shape index (κ3) is 4.28. The molecular formula is C19H22N6O2. The largest absolute Gasteiger partial charge is 0.490 e. The van der Waals surface area contributed by atoms with Crippen molar-refractivity contribution >= 4 is 11.7 Å². The van der Waals surface area contributed by atoms with Crippen LogP contribution in [0, 0.1) is 0 Å². The van der Waals surface area contributed by atoms with E-state index < -0.39 is 0 Å². The lowest BCUT2D eigenvalue weighted by molar-refractivity contribution is 0.246. The number of aromatic nitrogens is 4. The average Bonchev–Trinajstić information content (AvgIpc) is 3.34. The van der Waals surface area contributed by atoms with E-state index in [0.29, 0.717) is 24.6 Å². The zero-order chi connectivity index (χ0) is 18.5. The van der Waals surface area contributed by atoms with E-state index in [0.717, 1.165) is 19.3 Å². The zero-order valence-electron chi connectivity index (χ0n) is 14.9. The molecule has 3 N–H and O–H groups in total. The first-order valence-electron chi connectivity index (χ1n) is 9.04. The van der Waals surface area contributed by atoms with Crippen LogP contribution in [0.5, 0.6) is 5.75 Å². The number of benzene rings is 1. The number of anilines is 1. The number of nitrogens with one attached hydrogen (secondary N) is 3. The van der Waals surface area contributed by atoms with Gasteiger partial charge in [0, 0.05) is 24.1 Å².